The van der Waals surface area contributed by atoms with Gasteiger partial charge in [0.15, 0.2) is 0 Å². The molecule has 0 N–H and O–H groups in total. The molecule has 0 amide bonds. The average Bonchev–Trinajstić information content (AvgIpc) is 3.88. The Morgan fingerprint density at radius 3 is 2.10 bits per heavy atom. The number of unbranched alkanes of at least 4 members (excludes halogenated alkanes) is 1. The molecule has 0 bridgehead atoms. The molecule has 8 nitrogen and oxygen atoms in total. The maximum absolute atomic E-state index is 12.7. The average molecular weight is 543 g/mol. The lowest BCUT2D eigenvalue weighted by Crippen LogP contribution is -2.32. The fourth-order valence-corrected chi connectivity index (χ4v) is 6.48. The van der Waals surface area contributed by atoms with E-state index in [2.05, 4.69) is 0 Å². The molecule has 1 aromatic rings. The van der Waals surface area contributed by atoms with Gasteiger partial charge in [0, 0.05) is 13.2 Å². The lowest BCUT2D eigenvalue weighted by Gasteiger charge is -2.28. The highest BCUT2D eigenvalue weighted by atomic mass is 16.6. The Morgan fingerprint density at radius 1 is 0.692 bits per heavy atom. The molecule has 6 rings (SSSR count). The summed E-state index contributed by atoms with van der Waals surface area (Å²) >= 11 is 0. The van der Waals surface area contributed by atoms with Crippen molar-refractivity contribution in [2.45, 2.75) is 108 Å². The fraction of sp³-hybridized carbons (Fsp3) is 0.742. The molecule has 2 aliphatic heterocycles. The van der Waals surface area contributed by atoms with E-state index in [4.69, 9.17) is 28.4 Å². The molecule has 3 aliphatic carbocycles. The second-order valence-corrected chi connectivity index (χ2v) is 12.0. The van der Waals surface area contributed by atoms with Crippen LogP contribution in [-0.2, 0) is 28.5 Å². The third kappa shape index (κ3) is 7.53. The molecular weight excluding hydrogens is 500 g/mol. The van der Waals surface area contributed by atoms with E-state index in [1.165, 1.54) is 12.8 Å². The molecule has 5 fully saturated rings. The van der Waals surface area contributed by atoms with E-state index in [0.29, 0.717) is 62.3 Å². The van der Waals surface area contributed by atoms with Gasteiger partial charge in [0.1, 0.15) is 17.6 Å². The molecule has 214 valence electrons. The Balaban J connectivity index is 0.816. The van der Waals surface area contributed by atoms with E-state index in [1.54, 1.807) is 12.1 Å². The number of rotatable bonds is 12. The predicted octanol–water partition coefficient (Wildman–Crippen LogP) is 5.00. The Bertz CT molecular complexity index is 971. The van der Waals surface area contributed by atoms with Crippen molar-refractivity contribution < 1.29 is 38.0 Å². The zero-order chi connectivity index (χ0) is 26.6. The van der Waals surface area contributed by atoms with Gasteiger partial charge in [0.2, 0.25) is 0 Å². The van der Waals surface area contributed by atoms with E-state index < -0.39 is 0 Å². The summed E-state index contributed by atoms with van der Waals surface area (Å²) in [5, 5.41) is 0. The molecule has 1 aromatic carbocycles. The number of fused-ring (bicyclic) bond motifs is 2. The van der Waals surface area contributed by atoms with Crippen LogP contribution in [0.5, 0.6) is 11.5 Å². The Hall–Kier alpha value is -2.16. The Morgan fingerprint density at radius 2 is 1.36 bits per heavy atom. The first-order chi connectivity index (χ1) is 19.1. The molecule has 39 heavy (non-hydrogen) atoms. The first-order valence-corrected chi connectivity index (χ1v) is 15.1. The molecule has 8 heteroatoms. The van der Waals surface area contributed by atoms with Crippen LogP contribution in [0.2, 0.25) is 0 Å². The summed E-state index contributed by atoms with van der Waals surface area (Å²) in [6, 6.07) is 7.23. The zero-order valence-electron chi connectivity index (χ0n) is 22.8. The maximum Gasteiger partial charge on any atom is 0.314 e. The van der Waals surface area contributed by atoms with Gasteiger partial charge in [-0.15, -0.1) is 0 Å². The number of carbonyl (C=O) groups is 2. The molecule has 5 aliphatic rings. The summed E-state index contributed by atoms with van der Waals surface area (Å²) in [5.74, 6) is 1.45. The van der Waals surface area contributed by atoms with E-state index in [0.717, 1.165) is 57.5 Å². The molecule has 2 saturated heterocycles. The molecule has 2 heterocycles. The molecule has 3 saturated carbocycles. The lowest BCUT2D eigenvalue weighted by molar-refractivity contribution is -0.157. The van der Waals surface area contributed by atoms with Crippen LogP contribution in [0.15, 0.2) is 24.3 Å². The van der Waals surface area contributed by atoms with E-state index in [-0.39, 0.29) is 36.0 Å². The predicted molar refractivity (Wildman–Crippen MR) is 141 cm³/mol. The summed E-state index contributed by atoms with van der Waals surface area (Å²) in [7, 11) is 0. The number of benzene rings is 1. The topological polar surface area (TPSA) is 96.1 Å². The van der Waals surface area contributed by atoms with Crippen LogP contribution in [0, 0.1) is 17.8 Å². The SMILES string of the molecule is O=C(Oc1ccc(OCCCCOCC2CCC3OC3C2)cc1)C1CCC(OC(=O)C2CCC3OC3C2)CC1. The van der Waals surface area contributed by atoms with E-state index in [9.17, 15) is 9.59 Å². The number of carbonyl (C=O) groups excluding carboxylic acids is 2. The lowest BCUT2D eigenvalue weighted by atomic mass is 9.86. The first kappa shape index (κ1) is 27.0. The molecular formula is C31H42O8. The van der Waals surface area contributed by atoms with Crippen molar-refractivity contribution in [2.24, 2.45) is 17.8 Å². The van der Waals surface area contributed by atoms with Crippen molar-refractivity contribution in [3.63, 3.8) is 0 Å². The molecule has 0 radical (unpaired) electrons. The number of epoxide rings is 2. The maximum atomic E-state index is 12.7. The number of hydrogen-bond acceptors (Lipinski definition) is 8. The monoisotopic (exact) mass is 542 g/mol. The van der Waals surface area contributed by atoms with Crippen LogP contribution in [0.3, 0.4) is 0 Å². The largest absolute Gasteiger partial charge is 0.494 e. The highest BCUT2D eigenvalue weighted by Gasteiger charge is 2.46. The second kappa shape index (κ2) is 12.6. The number of hydrogen-bond donors (Lipinski definition) is 0. The van der Waals surface area contributed by atoms with Crippen molar-refractivity contribution in [3.05, 3.63) is 24.3 Å². The highest BCUT2D eigenvalue weighted by molar-refractivity contribution is 5.75. The van der Waals surface area contributed by atoms with Crippen molar-refractivity contribution in [3.8, 4) is 11.5 Å². The molecule has 0 spiro atoms. The molecule has 0 aromatic heterocycles. The van der Waals surface area contributed by atoms with Gasteiger partial charge in [-0.1, -0.05) is 0 Å². The van der Waals surface area contributed by atoms with Gasteiger partial charge < -0.3 is 28.4 Å². The van der Waals surface area contributed by atoms with Crippen LogP contribution >= 0.6 is 0 Å². The van der Waals surface area contributed by atoms with Gasteiger partial charge in [-0.25, -0.2) is 0 Å². The van der Waals surface area contributed by atoms with Crippen molar-refractivity contribution >= 4 is 11.9 Å². The van der Waals surface area contributed by atoms with Crippen LogP contribution in [0.25, 0.3) is 0 Å². The van der Waals surface area contributed by atoms with Crippen molar-refractivity contribution in [2.75, 3.05) is 19.8 Å². The van der Waals surface area contributed by atoms with Crippen molar-refractivity contribution in [1.82, 2.24) is 0 Å². The molecule has 6 atom stereocenters. The van der Waals surface area contributed by atoms with Crippen LogP contribution in [-0.4, -0.2) is 62.3 Å². The highest BCUT2D eigenvalue weighted by Crippen LogP contribution is 2.41. The smallest absolute Gasteiger partial charge is 0.314 e. The van der Waals surface area contributed by atoms with Gasteiger partial charge in [0.05, 0.1) is 42.9 Å². The third-order valence-corrected chi connectivity index (χ3v) is 9.09. The summed E-state index contributed by atoms with van der Waals surface area (Å²) in [6.07, 6.45) is 12.5. The number of esters is 2. The van der Waals surface area contributed by atoms with Gasteiger partial charge >= 0.3 is 11.9 Å². The van der Waals surface area contributed by atoms with E-state index in [1.807, 2.05) is 12.1 Å². The van der Waals surface area contributed by atoms with Gasteiger partial charge in [-0.3, -0.25) is 9.59 Å². The first-order valence-electron chi connectivity index (χ1n) is 15.1. The summed E-state index contributed by atoms with van der Waals surface area (Å²) in [6.45, 7) is 2.25. The fourth-order valence-electron chi connectivity index (χ4n) is 6.48. The minimum absolute atomic E-state index is 0.0325. The van der Waals surface area contributed by atoms with Crippen molar-refractivity contribution in [1.29, 1.82) is 0 Å². The van der Waals surface area contributed by atoms with Crippen LogP contribution in [0.4, 0.5) is 0 Å². The van der Waals surface area contributed by atoms with Gasteiger partial charge in [0.25, 0.3) is 0 Å². The van der Waals surface area contributed by atoms with E-state index >= 15 is 0 Å². The third-order valence-electron chi connectivity index (χ3n) is 9.09. The summed E-state index contributed by atoms with van der Waals surface area (Å²) in [4.78, 5) is 25.2. The quantitative estimate of drug-likeness (QED) is 0.158. The number of ether oxygens (including phenoxy) is 6. The zero-order valence-corrected chi connectivity index (χ0v) is 22.8. The minimum Gasteiger partial charge on any atom is -0.494 e. The van der Waals surface area contributed by atoms with Gasteiger partial charge in [-0.05, 0) is 107 Å². The normalized spacial score (nSPS) is 34.8. The van der Waals surface area contributed by atoms with Crippen LogP contribution < -0.4 is 9.47 Å². The standard InChI is InChI=1S/C31H42O8/c32-30(21-4-7-24(8-5-21)37-31(33)22-6-14-27-29(18-22)39-27)36-25-11-9-23(10-12-25)35-16-2-1-15-34-19-20-3-13-26-28(17-20)38-26/h9-12,20-22,24,26-29H,1-8,13-19H2. The molecule has 6 unspecified atom stereocenters. The minimum atomic E-state index is -0.213. The summed E-state index contributed by atoms with van der Waals surface area (Å²) in [5.41, 5.74) is 0. The Labute approximate surface area is 231 Å². The van der Waals surface area contributed by atoms with Gasteiger partial charge in [-0.2, -0.15) is 0 Å². The van der Waals surface area contributed by atoms with Crippen LogP contribution in [0.1, 0.15) is 77.0 Å². The summed E-state index contributed by atoms with van der Waals surface area (Å²) < 4.78 is 34.2. The Kier molecular flexibility index (Phi) is 8.71. The second-order valence-electron chi connectivity index (χ2n) is 12.0.